The van der Waals surface area contributed by atoms with E-state index in [1.54, 1.807) is 24.3 Å². The monoisotopic (exact) mass is 437 g/mol. The Hall–Kier alpha value is -2.81. The summed E-state index contributed by atoms with van der Waals surface area (Å²) in [5, 5.41) is 6.31. The molecule has 0 saturated heterocycles. The van der Waals surface area contributed by atoms with Crippen LogP contribution in [-0.2, 0) is 6.18 Å². The van der Waals surface area contributed by atoms with Gasteiger partial charge in [0.25, 0.3) is 5.91 Å². The number of rotatable bonds is 7. The van der Waals surface area contributed by atoms with Crippen LogP contribution >= 0.6 is 11.8 Å². The minimum Gasteiger partial charge on any atom is -0.352 e. The molecule has 9 heteroatoms. The number of amides is 1. The molecule has 1 N–H and O–H groups in total. The summed E-state index contributed by atoms with van der Waals surface area (Å²) in [5.74, 6) is -0.522. The molecule has 3 rings (SSSR count). The quantitative estimate of drug-likeness (QED) is 0.312. The van der Waals surface area contributed by atoms with Gasteiger partial charge in [-0.25, -0.2) is 9.07 Å². The van der Waals surface area contributed by atoms with E-state index < -0.39 is 23.3 Å². The lowest BCUT2D eigenvalue weighted by Crippen LogP contribution is -2.27. The van der Waals surface area contributed by atoms with E-state index in [2.05, 4.69) is 10.4 Å². The van der Waals surface area contributed by atoms with Crippen LogP contribution < -0.4 is 5.32 Å². The van der Waals surface area contributed by atoms with E-state index in [4.69, 9.17) is 0 Å². The average Bonchev–Trinajstić information content (AvgIpc) is 3.15. The zero-order chi connectivity index (χ0) is 21.7. The molecule has 4 nitrogen and oxygen atoms in total. The van der Waals surface area contributed by atoms with Crippen LogP contribution in [0.3, 0.4) is 0 Å². The smallest absolute Gasteiger partial charge is 0.352 e. The first-order valence-electron chi connectivity index (χ1n) is 9.14. The first-order chi connectivity index (χ1) is 14.3. The lowest BCUT2D eigenvalue weighted by atomic mass is 10.2. The number of aromatic nitrogens is 2. The molecule has 1 amide bonds. The minimum atomic E-state index is -4.74. The molecule has 1 aromatic heterocycles. The Morgan fingerprint density at radius 1 is 1.10 bits per heavy atom. The summed E-state index contributed by atoms with van der Waals surface area (Å²) in [6.07, 6.45) is -3.26. The molecular formula is C21H19F4N3OS. The molecule has 0 fully saturated rings. The highest BCUT2D eigenvalue weighted by molar-refractivity contribution is 7.99. The van der Waals surface area contributed by atoms with Crippen LogP contribution in [0.2, 0.25) is 0 Å². The molecule has 0 aliphatic carbocycles. The summed E-state index contributed by atoms with van der Waals surface area (Å²) in [6, 6.07) is 12.4. The van der Waals surface area contributed by atoms with E-state index in [-0.39, 0.29) is 18.0 Å². The number of nitrogens with one attached hydrogen (secondary N) is 1. The molecule has 0 unspecified atom stereocenters. The summed E-state index contributed by atoms with van der Waals surface area (Å²) in [5.41, 5.74) is -0.502. The van der Waals surface area contributed by atoms with Gasteiger partial charge in [-0.2, -0.15) is 18.3 Å². The van der Waals surface area contributed by atoms with E-state index in [1.165, 1.54) is 36.0 Å². The van der Waals surface area contributed by atoms with Gasteiger partial charge >= 0.3 is 6.18 Å². The zero-order valence-corrected chi connectivity index (χ0v) is 16.9. The maximum atomic E-state index is 13.7. The van der Waals surface area contributed by atoms with Crippen molar-refractivity contribution < 1.29 is 22.4 Å². The number of alkyl halides is 3. The normalized spacial score (nSPS) is 11.5. The maximum absolute atomic E-state index is 13.7. The second-order valence-corrected chi connectivity index (χ2v) is 7.73. The highest BCUT2D eigenvalue weighted by Crippen LogP contribution is 2.33. The summed E-state index contributed by atoms with van der Waals surface area (Å²) >= 11 is 1.47. The Labute approximate surface area is 175 Å². The van der Waals surface area contributed by atoms with Gasteiger partial charge in [0.2, 0.25) is 0 Å². The van der Waals surface area contributed by atoms with E-state index in [1.807, 2.05) is 6.92 Å². The molecule has 0 spiro atoms. The number of nitrogens with zero attached hydrogens (tertiary/aromatic N) is 2. The van der Waals surface area contributed by atoms with Crippen molar-refractivity contribution >= 4 is 17.7 Å². The topological polar surface area (TPSA) is 46.9 Å². The number of halogens is 4. The third-order valence-corrected chi connectivity index (χ3v) is 5.35. The maximum Gasteiger partial charge on any atom is 0.434 e. The predicted molar refractivity (Wildman–Crippen MR) is 107 cm³/mol. The predicted octanol–water partition coefficient (Wildman–Crippen LogP) is 5.25. The van der Waals surface area contributed by atoms with Gasteiger partial charge in [0, 0.05) is 11.4 Å². The summed E-state index contributed by atoms with van der Waals surface area (Å²) < 4.78 is 54.6. The van der Waals surface area contributed by atoms with Crippen LogP contribution in [0, 0.1) is 12.7 Å². The average molecular weight is 437 g/mol. The number of carbonyl (C=O) groups excluding carboxylic acids is 1. The van der Waals surface area contributed by atoms with Gasteiger partial charge < -0.3 is 5.32 Å². The van der Waals surface area contributed by atoms with Gasteiger partial charge in [-0.05, 0) is 55.5 Å². The Kier molecular flexibility index (Phi) is 6.81. The summed E-state index contributed by atoms with van der Waals surface area (Å²) in [6.45, 7) is 2.03. The second-order valence-electron chi connectivity index (χ2n) is 6.56. The van der Waals surface area contributed by atoms with Crippen molar-refractivity contribution in [1.29, 1.82) is 0 Å². The number of hydrogen-bond acceptors (Lipinski definition) is 3. The van der Waals surface area contributed by atoms with Crippen molar-refractivity contribution in [3.63, 3.8) is 0 Å². The van der Waals surface area contributed by atoms with Crippen molar-refractivity contribution in [2.24, 2.45) is 0 Å². The molecular weight excluding hydrogens is 418 g/mol. The lowest BCUT2D eigenvalue weighted by molar-refractivity contribution is -0.143. The Morgan fingerprint density at radius 3 is 2.40 bits per heavy atom. The molecule has 0 bridgehead atoms. The molecule has 2 aromatic carbocycles. The van der Waals surface area contributed by atoms with Crippen LogP contribution in [0.5, 0.6) is 0 Å². The Balaban J connectivity index is 1.64. The van der Waals surface area contributed by atoms with Crippen molar-refractivity contribution in [2.75, 3.05) is 12.3 Å². The molecule has 0 atom stereocenters. The number of carbonyl (C=O) groups is 1. The van der Waals surface area contributed by atoms with E-state index >= 15 is 0 Å². The third kappa shape index (κ3) is 5.41. The molecule has 30 heavy (non-hydrogen) atoms. The van der Waals surface area contributed by atoms with Gasteiger partial charge in [-0.1, -0.05) is 17.7 Å². The van der Waals surface area contributed by atoms with Gasteiger partial charge in [0.1, 0.15) is 5.82 Å². The van der Waals surface area contributed by atoms with Crippen molar-refractivity contribution in [1.82, 2.24) is 15.1 Å². The van der Waals surface area contributed by atoms with Crippen molar-refractivity contribution in [3.05, 3.63) is 77.4 Å². The number of aryl methyl sites for hydroxylation is 1. The standard InChI is InChI=1S/C21H19F4N3OS/c1-14-3-7-16(8-4-14)28-19(21(23,24)25)18(13-27-28)20(29)26-11-2-12-30-17-9-5-15(22)6-10-17/h3-10,13H,2,11-12H2,1H3,(H,26,29). The SMILES string of the molecule is Cc1ccc(-n2ncc(C(=O)NCCCSc3ccc(F)cc3)c2C(F)(F)F)cc1. The van der Waals surface area contributed by atoms with Gasteiger partial charge in [-0.3, -0.25) is 4.79 Å². The number of hydrogen-bond donors (Lipinski definition) is 1. The molecule has 1 heterocycles. The summed E-state index contributed by atoms with van der Waals surface area (Å²) in [4.78, 5) is 13.2. The van der Waals surface area contributed by atoms with Gasteiger partial charge in [0.05, 0.1) is 17.4 Å². The third-order valence-electron chi connectivity index (χ3n) is 4.25. The van der Waals surface area contributed by atoms with Crippen LogP contribution in [0.4, 0.5) is 17.6 Å². The fourth-order valence-corrected chi connectivity index (χ4v) is 3.61. The van der Waals surface area contributed by atoms with E-state index in [0.717, 1.165) is 21.3 Å². The highest BCUT2D eigenvalue weighted by atomic mass is 32.2. The fraction of sp³-hybridized carbons (Fsp3) is 0.238. The van der Waals surface area contributed by atoms with Crippen molar-refractivity contribution in [3.8, 4) is 5.69 Å². The molecule has 0 aliphatic rings. The molecule has 3 aromatic rings. The van der Waals surface area contributed by atoms with Crippen LogP contribution in [0.25, 0.3) is 5.69 Å². The van der Waals surface area contributed by atoms with Gasteiger partial charge in [-0.15, -0.1) is 11.8 Å². The van der Waals surface area contributed by atoms with E-state index in [9.17, 15) is 22.4 Å². The van der Waals surface area contributed by atoms with Crippen molar-refractivity contribution in [2.45, 2.75) is 24.4 Å². The molecule has 0 saturated carbocycles. The fourth-order valence-electron chi connectivity index (χ4n) is 2.76. The molecule has 158 valence electrons. The van der Waals surface area contributed by atoms with Crippen LogP contribution in [0.15, 0.2) is 59.6 Å². The zero-order valence-electron chi connectivity index (χ0n) is 16.0. The second kappa shape index (κ2) is 9.34. The summed E-state index contributed by atoms with van der Waals surface area (Å²) in [7, 11) is 0. The molecule has 0 aliphatic heterocycles. The number of benzene rings is 2. The lowest BCUT2D eigenvalue weighted by Gasteiger charge is -2.13. The van der Waals surface area contributed by atoms with E-state index in [0.29, 0.717) is 12.2 Å². The largest absolute Gasteiger partial charge is 0.434 e. The van der Waals surface area contributed by atoms with Gasteiger partial charge in [0.15, 0.2) is 5.69 Å². The minimum absolute atomic E-state index is 0.208. The number of thioether (sulfide) groups is 1. The Bertz CT molecular complexity index is 999. The highest BCUT2D eigenvalue weighted by Gasteiger charge is 2.40. The van der Waals surface area contributed by atoms with Crippen LogP contribution in [-0.4, -0.2) is 28.0 Å². The first-order valence-corrected chi connectivity index (χ1v) is 10.1. The molecule has 0 radical (unpaired) electrons. The Morgan fingerprint density at radius 2 is 1.77 bits per heavy atom. The van der Waals surface area contributed by atoms with Crippen LogP contribution in [0.1, 0.15) is 28.0 Å². The first kappa shape index (κ1) is 21.9.